The number of hydrogen-bond donors (Lipinski definition) is 0. The van der Waals surface area contributed by atoms with E-state index in [1.54, 1.807) is 0 Å². The maximum absolute atomic E-state index is 13.8. The number of hydrogen-bond acceptors (Lipinski definition) is 2. The number of benzene rings is 1. The summed E-state index contributed by atoms with van der Waals surface area (Å²) in [5.74, 6) is 0.484. The monoisotopic (exact) mass is 402 g/mol. The molecule has 0 N–H and O–H groups in total. The third-order valence-electron chi connectivity index (χ3n) is 8.00. The van der Waals surface area contributed by atoms with Crippen LogP contribution in [0.5, 0.6) is 0 Å². The summed E-state index contributed by atoms with van der Waals surface area (Å²) in [6.07, 6.45) is 7.36. The van der Waals surface area contributed by atoms with Gasteiger partial charge in [-0.05, 0) is 66.9 Å². The minimum Gasteiger partial charge on any atom is -0.368 e. The molecule has 6 rings (SSSR count). The fourth-order valence-electron chi connectivity index (χ4n) is 8.66. The van der Waals surface area contributed by atoms with Crippen LogP contribution in [0, 0.1) is 21.7 Å². The lowest BCUT2D eigenvalue weighted by Gasteiger charge is -2.68. The number of rotatable bonds is 2. The highest BCUT2D eigenvalue weighted by Gasteiger charge is 2.66. The van der Waals surface area contributed by atoms with Crippen molar-refractivity contribution in [3.05, 3.63) is 30.3 Å². The molecule has 1 aromatic carbocycles. The van der Waals surface area contributed by atoms with E-state index in [2.05, 4.69) is 60.9 Å². The Kier molecular flexibility index (Phi) is 4.58. The Balaban J connectivity index is 0.00000192. The van der Waals surface area contributed by atoms with Crippen molar-refractivity contribution in [1.29, 1.82) is 0 Å². The number of nitrogens with zero attached hydrogens (tertiary/aromatic N) is 2. The van der Waals surface area contributed by atoms with E-state index in [4.69, 9.17) is 0 Å². The number of carbonyl (C=O) groups is 1. The van der Waals surface area contributed by atoms with Crippen LogP contribution in [0.2, 0.25) is 0 Å². The van der Waals surface area contributed by atoms with Crippen molar-refractivity contribution in [3.8, 4) is 0 Å². The molecule has 4 heteroatoms. The zero-order chi connectivity index (χ0) is 18.9. The molecule has 1 aromatic rings. The van der Waals surface area contributed by atoms with Gasteiger partial charge in [-0.2, -0.15) is 0 Å². The van der Waals surface area contributed by atoms with Gasteiger partial charge in [0.1, 0.15) is 0 Å². The molecule has 3 nitrogen and oxygen atoms in total. The van der Waals surface area contributed by atoms with Crippen molar-refractivity contribution in [1.82, 2.24) is 4.90 Å². The van der Waals surface area contributed by atoms with Crippen molar-refractivity contribution in [3.63, 3.8) is 0 Å². The van der Waals surface area contributed by atoms with Crippen LogP contribution in [-0.4, -0.2) is 37.0 Å². The second kappa shape index (κ2) is 6.39. The Labute approximate surface area is 176 Å². The van der Waals surface area contributed by atoms with Crippen LogP contribution in [-0.2, 0) is 4.79 Å². The standard InChI is InChI=1S/C24H34N2O.ClH/c1-21-13-22(2)15-23(3,14-21)18-24(16-21,17-22)20(27)26-11-9-25(10-12-26)19-7-5-4-6-8-19;/h4-8H,9-18H2,1-3H3;1H. The van der Waals surface area contributed by atoms with E-state index in [9.17, 15) is 4.79 Å². The van der Waals surface area contributed by atoms with Gasteiger partial charge >= 0.3 is 0 Å². The van der Waals surface area contributed by atoms with E-state index >= 15 is 0 Å². The average Bonchev–Trinajstić information content (AvgIpc) is 2.58. The minimum absolute atomic E-state index is 0. The number of halogens is 1. The van der Waals surface area contributed by atoms with E-state index in [0.717, 1.165) is 45.4 Å². The van der Waals surface area contributed by atoms with E-state index in [1.807, 2.05) is 0 Å². The van der Waals surface area contributed by atoms with Gasteiger partial charge < -0.3 is 9.80 Å². The summed E-state index contributed by atoms with van der Waals surface area (Å²) < 4.78 is 0. The Hall–Kier alpha value is -1.22. The third kappa shape index (κ3) is 3.14. The van der Waals surface area contributed by atoms with E-state index in [1.165, 1.54) is 24.9 Å². The SMILES string of the molecule is CC12CC3(C)CC(C)(C1)CC(C(=O)N1CCN(c4ccccc4)CC1)(C2)C3.Cl. The van der Waals surface area contributed by atoms with Crippen LogP contribution < -0.4 is 4.90 Å². The molecule has 1 heterocycles. The first-order chi connectivity index (χ1) is 12.7. The maximum Gasteiger partial charge on any atom is 0.228 e. The lowest BCUT2D eigenvalue weighted by atomic mass is 9.36. The van der Waals surface area contributed by atoms with Gasteiger partial charge in [-0.1, -0.05) is 39.0 Å². The van der Waals surface area contributed by atoms with Crippen molar-refractivity contribution >= 4 is 24.0 Å². The summed E-state index contributed by atoms with van der Waals surface area (Å²) in [6, 6.07) is 10.6. The fraction of sp³-hybridized carbons (Fsp3) is 0.708. The molecule has 5 fully saturated rings. The topological polar surface area (TPSA) is 23.6 Å². The van der Waals surface area contributed by atoms with Gasteiger partial charge in [0.05, 0.1) is 5.41 Å². The molecule has 4 aliphatic carbocycles. The van der Waals surface area contributed by atoms with Crippen LogP contribution >= 0.6 is 12.4 Å². The van der Waals surface area contributed by atoms with Gasteiger partial charge in [0, 0.05) is 31.9 Å². The molecule has 4 saturated carbocycles. The molecular weight excluding hydrogens is 368 g/mol. The number of anilines is 1. The second-order valence-corrected chi connectivity index (χ2v) is 11.4. The lowest BCUT2D eigenvalue weighted by molar-refractivity contribution is -0.199. The molecule has 0 atom stereocenters. The molecular formula is C24H35ClN2O. The first kappa shape index (κ1) is 20.1. The first-order valence-electron chi connectivity index (χ1n) is 10.8. The molecule has 1 amide bonds. The van der Waals surface area contributed by atoms with Gasteiger partial charge in [0.2, 0.25) is 5.91 Å². The number of piperazine rings is 1. The van der Waals surface area contributed by atoms with Gasteiger partial charge in [-0.25, -0.2) is 0 Å². The van der Waals surface area contributed by atoms with E-state index in [0.29, 0.717) is 22.2 Å². The normalized spacial score (nSPS) is 41.7. The van der Waals surface area contributed by atoms with Crippen LogP contribution in [0.3, 0.4) is 0 Å². The highest BCUT2D eigenvalue weighted by molar-refractivity contribution is 5.85. The number of carbonyl (C=O) groups excluding carboxylic acids is 1. The Bertz CT molecular complexity index is 702. The smallest absolute Gasteiger partial charge is 0.228 e. The predicted octanol–water partition coefficient (Wildman–Crippen LogP) is 5.14. The quantitative estimate of drug-likeness (QED) is 0.683. The fourth-order valence-corrected chi connectivity index (χ4v) is 8.66. The summed E-state index contributed by atoms with van der Waals surface area (Å²) in [7, 11) is 0. The Morgan fingerprint density at radius 3 is 1.68 bits per heavy atom. The molecule has 154 valence electrons. The molecule has 1 saturated heterocycles. The van der Waals surface area contributed by atoms with Gasteiger partial charge in [-0.3, -0.25) is 4.79 Å². The predicted molar refractivity (Wildman–Crippen MR) is 117 cm³/mol. The highest BCUT2D eigenvalue weighted by atomic mass is 35.5. The van der Waals surface area contributed by atoms with Crippen LogP contribution in [0.4, 0.5) is 5.69 Å². The van der Waals surface area contributed by atoms with Crippen molar-refractivity contribution in [2.45, 2.75) is 59.3 Å². The second-order valence-electron chi connectivity index (χ2n) is 11.4. The first-order valence-corrected chi connectivity index (χ1v) is 10.8. The largest absolute Gasteiger partial charge is 0.368 e. The summed E-state index contributed by atoms with van der Waals surface area (Å²) in [5.41, 5.74) is 2.33. The van der Waals surface area contributed by atoms with E-state index in [-0.39, 0.29) is 17.8 Å². The maximum atomic E-state index is 13.8. The molecule has 1 aliphatic heterocycles. The van der Waals surface area contributed by atoms with Crippen molar-refractivity contribution in [2.24, 2.45) is 21.7 Å². The summed E-state index contributed by atoms with van der Waals surface area (Å²) in [5, 5.41) is 0. The van der Waals surface area contributed by atoms with Gasteiger partial charge in [0.15, 0.2) is 0 Å². The molecule has 0 aromatic heterocycles. The molecule has 5 aliphatic rings. The van der Waals surface area contributed by atoms with Crippen LogP contribution in [0.25, 0.3) is 0 Å². The molecule has 0 spiro atoms. The zero-order valence-corrected chi connectivity index (χ0v) is 18.5. The summed E-state index contributed by atoms with van der Waals surface area (Å²) in [4.78, 5) is 18.5. The average molecular weight is 403 g/mol. The summed E-state index contributed by atoms with van der Waals surface area (Å²) in [6.45, 7) is 11.1. The minimum atomic E-state index is -0.0814. The number of amides is 1. The van der Waals surface area contributed by atoms with Crippen molar-refractivity contribution < 1.29 is 4.79 Å². The number of para-hydroxylation sites is 1. The van der Waals surface area contributed by atoms with Gasteiger partial charge in [0.25, 0.3) is 0 Å². The lowest BCUT2D eigenvalue weighted by Crippen LogP contribution is -2.64. The third-order valence-corrected chi connectivity index (χ3v) is 8.00. The Morgan fingerprint density at radius 2 is 1.21 bits per heavy atom. The van der Waals surface area contributed by atoms with Crippen molar-refractivity contribution in [2.75, 3.05) is 31.1 Å². The molecule has 0 unspecified atom stereocenters. The Morgan fingerprint density at radius 1 is 0.750 bits per heavy atom. The zero-order valence-electron chi connectivity index (χ0n) is 17.7. The molecule has 28 heavy (non-hydrogen) atoms. The van der Waals surface area contributed by atoms with Gasteiger partial charge in [-0.15, -0.1) is 12.4 Å². The van der Waals surface area contributed by atoms with E-state index < -0.39 is 0 Å². The van der Waals surface area contributed by atoms with Crippen LogP contribution in [0.1, 0.15) is 59.3 Å². The molecule has 4 bridgehead atoms. The summed E-state index contributed by atoms with van der Waals surface area (Å²) >= 11 is 0. The molecule has 0 radical (unpaired) electrons. The highest BCUT2D eigenvalue weighted by Crippen LogP contribution is 2.73. The van der Waals surface area contributed by atoms with Crippen LogP contribution in [0.15, 0.2) is 30.3 Å².